The summed E-state index contributed by atoms with van der Waals surface area (Å²) in [6, 6.07) is 13.6. The largest absolute Gasteiger partial charge is 0.469 e. The van der Waals surface area contributed by atoms with Crippen LogP contribution >= 0.6 is 0 Å². The zero-order chi connectivity index (χ0) is 14.5. The van der Waals surface area contributed by atoms with Crippen molar-refractivity contribution < 1.29 is 14.5 Å². The van der Waals surface area contributed by atoms with Gasteiger partial charge in [-0.1, -0.05) is 36.4 Å². The quantitative estimate of drug-likeness (QED) is 0.487. The number of esters is 1. The van der Waals surface area contributed by atoms with E-state index in [1.807, 2.05) is 0 Å². The Morgan fingerprint density at radius 1 is 1.10 bits per heavy atom. The molecule has 0 amide bonds. The summed E-state index contributed by atoms with van der Waals surface area (Å²) in [6.45, 7) is 0. The molecule has 2 aromatic rings. The van der Waals surface area contributed by atoms with Crippen molar-refractivity contribution in [3.8, 4) is 11.1 Å². The second kappa shape index (κ2) is 5.97. The molecule has 0 N–H and O–H groups in total. The second-order valence-electron chi connectivity index (χ2n) is 4.18. The zero-order valence-electron chi connectivity index (χ0n) is 10.9. The molecule has 0 atom stereocenters. The molecular weight excluding hydrogens is 258 g/mol. The minimum Gasteiger partial charge on any atom is -0.469 e. The Kier molecular flexibility index (Phi) is 4.10. The van der Waals surface area contributed by atoms with Gasteiger partial charge in [-0.05, 0) is 17.2 Å². The first-order valence-corrected chi connectivity index (χ1v) is 6.02. The number of nitro groups is 1. The molecule has 0 aromatic heterocycles. The van der Waals surface area contributed by atoms with Crippen LogP contribution in [0.1, 0.15) is 5.56 Å². The highest BCUT2D eigenvalue weighted by Gasteiger charge is 2.17. The standard InChI is InChI=1S/C15H13NO4/c1-20-15(17)10-11-6-2-3-7-12(11)13-8-4-5-9-14(13)16(18)19/h2-9H,10H2,1H3. The van der Waals surface area contributed by atoms with Crippen molar-refractivity contribution in [1.29, 1.82) is 0 Å². The smallest absolute Gasteiger partial charge is 0.309 e. The number of benzene rings is 2. The van der Waals surface area contributed by atoms with Gasteiger partial charge in [-0.15, -0.1) is 0 Å². The van der Waals surface area contributed by atoms with Gasteiger partial charge in [0.2, 0.25) is 0 Å². The van der Waals surface area contributed by atoms with Crippen molar-refractivity contribution in [2.75, 3.05) is 7.11 Å². The molecule has 0 aliphatic carbocycles. The van der Waals surface area contributed by atoms with Gasteiger partial charge in [0, 0.05) is 6.07 Å². The first-order valence-electron chi connectivity index (χ1n) is 6.02. The molecule has 0 saturated heterocycles. The number of carbonyl (C=O) groups excluding carboxylic acids is 1. The average molecular weight is 271 g/mol. The molecule has 0 aliphatic rings. The van der Waals surface area contributed by atoms with Gasteiger partial charge in [-0.25, -0.2) is 0 Å². The van der Waals surface area contributed by atoms with Crippen molar-refractivity contribution in [2.24, 2.45) is 0 Å². The first kappa shape index (κ1) is 13.7. The lowest BCUT2D eigenvalue weighted by atomic mass is 9.96. The maximum Gasteiger partial charge on any atom is 0.309 e. The molecular formula is C15H13NO4. The number of nitro benzene ring substituents is 1. The van der Waals surface area contributed by atoms with Gasteiger partial charge in [0.25, 0.3) is 5.69 Å². The van der Waals surface area contributed by atoms with Crippen LogP contribution in [0.15, 0.2) is 48.5 Å². The molecule has 5 heteroatoms. The summed E-state index contributed by atoms with van der Waals surface area (Å²) in [6.07, 6.45) is 0.0821. The Morgan fingerprint density at radius 3 is 2.35 bits per heavy atom. The molecule has 0 radical (unpaired) electrons. The second-order valence-corrected chi connectivity index (χ2v) is 4.18. The van der Waals surface area contributed by atoms with Crippen molar-refractivity contribution in [2.45, 2.75) is 6.42 Å². The fourth-order valence-electron chi connectivity index (χ4n) is 2.03. The van der Waals surface area contributed by atoms with E-state index in [9.17, 15) is 14.9 Å². The monoisotopic (exact) mass is 271 g/mol. The summed E-state index contributed by atoms with van der Waals surface area (Å²) in [5.41, 5.74) is 1.89. The third-order valence-electron chi connectivity index (χ3n) is 2.97. The topological polar surface area (TPSA) is 69.4 Å². The van der Waals surface area contributed by atoms with E-state index in [1.54, 1.807) is 42.5 Å². The summed E-state index contributed by atoms with van der Waals surface area (Å²) >= 11 is 0. The number of ether oxygens (including phenoxy) is 1. The third kappa shape index (κ3) is 2.83. The van der Waals surface area contributed by atoms with Gasteiger partial charge in [0.15, 0.2) is 0 Å². The van der Waals surface area contributed by atoms with E-state index >= 15 is 0 Å². The van der Waals surface area contributed by atoms with Crippen LogP contribution in [0.2, 0.25) is 0 Å². The van der Waals surface area contributed by atoms with Gasteiger partial charge < -0.3 is 4.74 Å². The summed E-state index contributed by atoms with van der Waals surface area (Å²) in [4.78, 5) is 22.1. The molecule has 0 aliphatic heterocycles. The molecule has 5 nitrogen and oxygen atoms in total. The molecule has 0 unspecified atom stereocenters. The van der Waals surface area contributed by atoms with Crippen LogP contribution in [0.5, 0.6) is 0 Å². The maximum atomic E-state index is 11.4. The van der Waals surface area contributed by atoms with Gasteiger partial charge in [0.05, 0.1) is 24.0 Å². The molecule has 20 heavy (non-hydrogen) atoms. The minimum atomic E-state index is -0.426. The minimum absolute atomic E-state index is 0.0183. The Labute approximate surface area is 116 Å². The summed E-state index contributed by atoms with van der Waals surface area (Å²) in [7, 11) is 1.32. The fraction of sp³-hybridized carbons (Fsp3) is 0.133. The molecule has 2 rings (SSSR count). The van der Waals surface area contributed by atoms with Gasteiger partial charge in [-0.3, -0.25) is 14.9 Å². The van der Waals surface area contributed by atoms with Crippen LogP contribution in [0.4, 0.5) is 5.69 Å². The lowest BCUT2D eigenvalue weighted by Gasteiger charge is -2.09. The van der Waals surface area contributed by atoms with E-state index in [2.05, 4.69) is 4.74 Å². The number of rotatable bonds is 4. The van der Waals surface area contributed by atoms with Gasteiger partial charge in [0.1, 0.15) is 0 Å². The van der Waals surface area contributed by atoms with E-state index in [0.29, 0.717) is 16.7 Å². The number of hydrogen-bond acceptors (Lipinski definition) is 4. The van der Waals surface area contributed by atoms with E-state index in [-0.39, 0.29) is 18.1 Å². The van der Waals surface area contributed by atoms with E-state index in [1.165, 1.54) is 13.2 Å². The zero-order valence-corrected chi connectivity index (χ0v) is 10.9. The van der Waals surface area contributed by atoms with Crippen LogP contribution in [-0.2, 0) is 16.0 Å². The highest BCUT2D eigenvalue weighted by Crippen LogP contribution is 2.32. The number of nitrogens with zero attached hydrogens (tertiary/aromatic N) is 1. The van der Waals surface area contributed by atoms with Crippen molar-refractivity contribution >= 4 is 11.7 Å². The summed E-state index contributed by atoms with van der Waals surface area (Å²) in [5, 5.41) is 11.1. The van der Waals surface area contributed by atoms with Crippen LogP contribution < -0.4 is 0 Å². The molecule has 0 heterocycles. The van der Waals surface area contributed by atoms with Crippen molar-refractivity contribution in [3.05, 3.63) is 64.2 Å². The lowest BCUT2D eigenvalue weighted by molar-refractivity contribution is -0.384. The SMILES string of the molecule is COC(=O)Cc1ccccc1-c1ccccc1[N+](=O)[O-]. The summed E-state index contributed by atoms with van der Waals surface area (Å²) < 4.78 is 4.65. The molecule has 2 aromatic carbocycles. The number of hydrogen-bond donors (Lipinski definition) is 0. The first-order chi connectivity index (χ1) is 9.63. The van der Waals surface area contributed by atoms with Crippen LogP contribution in [0.25, 0.3) is 11.1 Å². The Balaban J connectivity index is 2.53. The molecule has 102 valence electrons. The lowest BCUT2D eigenvalue weighted by Crippen LogP contribution is -2.06. The average Bonchev–Trinajstić information content (AvgIpc) is 2.47. The van der Waals surface area contributed by atoms with Gasteiger partial charge in [-0.2, -0.15) is 0 Å². The molecule has 0 saturated carbocycles. The third-order valence-corrected chi connectivity index (χ3v) is 2.97. The predicted octanol–water partition coefficient (Wildman–Crippen LogP) is 2.98. The van der Waals surface area contributed by atoms with Crippen molar-refractivity contribution in [1.82, 2.24) is 0 Å². The number of carbonyl (C=O) groups is 1. The van der Waals surface area contributed by atoms with Crippen LogP contribution in [-0.4, -0.2) is 18.0 Å². The maximum absolute atomic E-state index is 11.4. The molecule has 0 fully saturated rings. The van der Waals surface area contributed by atoms with Crippen LogP contribution in [0, 0.1) is 10.1 Å². The van der Waals surface area contributed by atoms with E-state index < -0.39 is 4.92 Å². The molecule has 0 bridgehead atoms. The Morgan fingerprint density at radius 2 is 1.70 bits per heavy atom. The van der Waals surface area contributed by atoms with E-state index in [4.69, 9.17) is 0 Å². The normalized spacial score (nSPS) is 10.1. The predicted molar refractivity (Wildman–Crippen MR) is 74.3 cm³/mol. The number of para-hydroxylation sites is 1. The number of methoxy groups -OCH3 is 1. The highest BCUT2D eigenvalue weighted by molar-refractivity contribution is 5.81. The summed E-state index contributed by atoms with van der Waals surface area (Å²) in [5.74, 6) is -0.379. The molecule has 0 spiro atoms. The van der Waals surface area contributed by atoms with Crippen LogP contribution in [0.3, 0.4) is 0 Å². The highest BCUT2D eigenvalue weighted by atomic mass is 16.6. The van der Waals surface area contributed by atoms with Gasteiger partial charge >= 0.3 is 5.97 Å². The van der Waals surface area contributed by atoms with Crippen molar-refractivity contribution in [3.63, 3.8) is 0 Å². The Bertz CT molecular complexity index is 652. The van der Waals surface area contributed by atoms with E-state index in [0.717, 1.165) is 0 Å². The Hall–Kier alpha value is -2.69. The fourth-order valence-corrected chi connectivity index (χ4v) is 2.03.